The largest absolute Gasteiger partial charge is 0.472 e. The number of ether oxygens (including phenoxy) is 1. The molecule has 3 atom stereocenters. The maximum absolute atomic E-state index is 13.5. The van der Waals surface area contributed by atoms with E-state index in [0.717, 1.165) is 96.3 Å². The number of carbonyl (C=O) groups excluding carboxylic acids is 2. The minimum Gasteiger partial charge on any atom is -0.456 e. The second-order valence-corrected chi connectivity index (χ2v) is 21.9. The van der Waals surface area contributed by atoms with Crippen LogP contribution in [0.5, 0.6) is 0 Å². The van der Waals surface area contributed by atoms with E-state index in [-0.39, 0.29) is 31.5 Å². The van der Waals surface area contributed by atoms with Gasteiger partial charge >= 0.3 is 13.8 Å². The Kier molecular flexibility index (Phi) is 48.2. The van der Waals surface area contributed by atoms with Crippen molar-refractivity contribution in [2.45, 2.75) is 258 Å². The van der Waals surface area contributed by atoms with Gasteiger partial charge in [-0.15, -0.1) is 0 Å². The molecule has 0 aliphatic heterocycles. The maximum Gasteiger partial charge on any atom is 0.472 e. The summed E-state index contributed by atoms with van der Waals surface area (Å²) in [4.78, 5) is 37.6. The molecule has 2 N–H and O–H groups in total. The number of quaternary nitrogens is 1. The van der Waals surface area contributed by atoms with E-state index in [1.165, 1.54) is 116 Å². The average Bonchev–Trinajstić information content (AvgIpc) is 3.32. The molecule has 0 aromatic carbocycles. The standard InChI is InChI=1S/C60H109N2O7P/c1-7-10-13-16-19-22-25-28-30-31-33-35-38-41-44-47-50-53-60(64)69-58(51-48-45-42-39-36-27-24-21-18-15-12-9-3)57(56-68-70(65,66)67-55-54-62(4,5)6)61-59(63)52-49-46-43-40-37-34-32-29-26-23-20-17-14-11-8-2/h11,14,17,19-20,22-23,26,28,30,48,51,57-58H,7-10,12-13,15-16,18,21,24-25,27,29,31-47,49-50,52-56H2,1-6H3,(H-,61,63,65,66)/p+1/b14-11+,20-17+,22-19-,26-23+,30-28-,51-48+. The fourth-order valence-electron chi connectivity index (χ4n) is 7.97. The molecule has 0 aromatic rings. The number of esters is 1. The lowest BCUT2D eigenvalue weighted by atomic mass is 10.0. The van der Waals surface area contributed by atoms with Crippen LogP contribution in [-0.2, 0) is 27.9 Å². The maximum atomic E-state index is 13.5. The van der Waals surface area contributed by atoms with Gasteiger partial charge in [0.25, 0.3) is 0 Å². The Hall–Kier alpha value is -2.55. The monoisotopic (exact) mass is 1000 g/mol. The van der Waals surface area contributed by atoms with Gasteiger partial charge in [-0.3, -0.25) is 18.6 Å². The molecule has 70 heavy (non-hydrogen) atoms. The van der Waals surface area contributed by atoms with Crippen LogP contribution < -0.4 is 5.32 Å². The van der Waals surface area contributed by atoms with Crippen molar-refractivity contribution in [3.8, 4) is 0 Å². The molecule has 10 heteroatoms. The van der Waals surface area contributed by atoms with E-state index < -0.39 is 20.0 Å². The molecule has 1 amide bonds. The van der Waals surface area contributed by atoms with Gasteiger partial charge in [0.15, 0.2) is 0 Å². The minimum atomic E-state index is -4.45. The first kappa shape index (κ1) is 67.5. The van der Waals surface area contributed by atoms with Crippen molar-refractivity contribution in [3.63, 3.8) is 0 Å². The zero-order valence-electron chi connectivity index (χ0n) is 46.2. The third kappa shape index (κ3) is 50.4. The third-order valence-electron chi connectivity index (χ3n) is 12.4. The van der Waals surface area contributed by atoms with Crippen molar-refractivity contribution in [1.82, 2.24) is 5.32 Å². The zero-order valence-corrected chi connectivity index (χ0v) is 47.1. The predicted molar refractivity (Wildman–Crippen MR) is 300 cm³/mol. The molecule has 0 saturated heterocycles. The van der Waals surface area contributed by atoms with Gasteiger partial charge in [-0.1, -0.05) is 222 Å². The van der Waals surface area contributed by atoms with Gasteiger partial charge in [-0.05, 0) is 83.1 Å². The molecule has 0 spiro atoms. The number of allylic oxidation sites excluding steroid dienone is 11. The van der Waals surface area contributed by atoms with E-state index in [1.807, 2.05) is 33.3 Å². The van der Waals surface area contributed by atoms with Crippen LogP contribution in [0.3, 0.4) is 0 Å². The van der Waals surface area contributed by atoms with Crippen molar-refractivity contribution in [1.29, 1.82) is 0 Å². The van der Waals surface area contributed by atoms with Crippen LogP contribution in [0.4, 0.5) is 0 Å². The number of amides is 1. The summed E-state index contributed by atoms with van der Waals surface area (Å²) in [6.07, 6.45) is 63.2. The van der Waals surface area contributed by atoms with Crippen molar-refractivity contribution in [2.24, 2.45) is 0 Å². The number of phosphoric acid groups is 1. The Morgan fingerprint density at radius 3 is 1.50 bits per heavy atom. The number of nitrogens with zero attached hydrogens (tertiary/aromatic N) is 1. The highest BCUT2D eigenvalue weighted by atomic mass is 31.2. The van der Waals surface area contributed by atoms with E-state index in [0.29, 0.717) is 17.4 Å². The highest BCUT2D eigenvalue weighted by Crippen LogP contribution is 2.43. The number of hydrogen-bond acceptors (Lipinski definition) is 6. The lowest BCUT2D eigenvalue weighted by molar-refractivity contribution is -0.870. The second-order valence-electron chi connectivity index (χ2n) is 20.5. The van der Waals surface area contributed by atoms with Crippen LogP contribution in [0.15, 0.2) is 72.9 Å². The van der Waals surface area contributed by atoms with E-state index in [2.05, 4.69) is 86.8 Å². The Morgan fingerprint density at radius 2 is 0.971 bits per heavy atom. The smallest absolute Gasteiger partial charge is 0.456 e. The van der Waals surface area contributed by atoms with E-state index in [9.17, 15) is 19.0 Å². The summed E-state index contributed by atoms with van der Waals surface area (Å²) in [5.74, 6) is -0.529. The van der Waals surface area contributed by atoms with Gasteiger partial charge in [-0.25, -0.2) is 4.57 Å². The molecule has 406 valence electrons. The van der Waals surface area contributed by atoms with Crippen LogP contribution in [0.2, 0.25) is 0 Å². The van der Waals surface area contributed by atoms with Crippen LogP contribution in [-0.4, -0.2) is 74.3 Å². The SMILES string of the molecule is CC/C=C/C=C/C=C/CCCCCCCCCC(=O)NC(COP(=O)(O)OCC[N+](C)(C)C)C(/C=C/CCCCCCCCCCCC)OC(=O)CCCCCCCCC/C=C\C/C=C\CCCCC. The Labute approximate surface area is 432 Å². The molecule has 0 aliphatic carbocycles. The molecule has 0 aliphatic rings. The third-order valence-corrected chi connectivity index (χ3v) is 13.4. The van der Waals surface area contributed by atoms with Gasteiger partial charge in [0.05, 0.1) is 33.8 Å². The summed E-state index contributed by atoms with van der Waals surface area (Å²) in [6.45, 7) is 6.84. The summed E-state index contributed by atoms with van der Waals surface area (Å²) in [6, 6.07) is -0.859. The number of hydrogen-bond donors (Lipinski definition) is 2. The summed E-state index contributed by atoms with van der Waals surface area (Å²) >= 11 is 0. The molecule has 0 rings (SSSR count). The number of rotatable bonds is 51. The van der Waals surface area contributed by atoms with E-state index in [1.54, 1.807) is 0 Å². The summed E-state index contributed by atoms with van der Waals surface area (Å²) in [5, 5.41) is 3.04. The van der Waals surface area contributed by atoms with Gasteiger partial charge in [0.2, 0.25) is 5.91 Å². The zero-order chi connectivity index (χ0) is 51.5. The quantitative estimate of drug-likeness (QED) is 0.0156. The fraction of sp³-hybridized carbons (Fsp3) is 0.767. The van der Waals surface area contributed by atoms with Crippen molar-refractivity contribution < 1.29 is 37.3 Å². The van der Waals surface area contributed by atoms with Crippen LogP contribution in [0.1, 0.15) is 245 Å². The first-order chi connectivity index (χ1) is 33.9. The van der Waals surface area contributed by atoms with Gasteiger partial charge in [0.1, 0.15) is 19.3 Å². The topological polar surface area (TPSA) is 111 Å². The van der Waals surface area contributed by atoms with E-state index >= 15 is 0 Å². The summed E-state index contributed by atoms with van der Waals surface area (Å²) < 4.78 is 30.6. The first-order valence-corrected chi connectivity index (χ1v) is 30.3. The Balaban J connectivity index is 5.37. The fourth-order valence-corrected chi connectivity index (χ4v) is 8.71. The molecule has 0 radical (unpaired) electrons. The van der Waals surface area contributed by atoms with Gasteiger partial charge in [0, 0.05) is 12.8 Å². The molecule has 0 fully saturated rings. The van der Waals surface area contributed by atoms with E-state index in [4.69, 9.17) is 13.8 Å². The normalized spacial score (nSPS) is 14.3. The number of nitrogens with one attached hydrogen (secondary N) is 1. The van der Waals surface area contributed by atoms with Crippen molar-refractivity contribution >= 4 is 19.7 Å². The molecular weight excluding hydrogens is 892 g/mol. The molecule has 0 saturated carbocycles. The number of phosphoric ester groups is 1. The van der Waals surface area contributed by atoms with Gasteiger partial charge in [-0.2, -0.15) is 0 Å². The molecule has 9 nitrogen and oxygen atoms in total. The molecule has 0 heterocycles. The van der Waals surface area contributed by atoms with Crippen LogP contribution in [0.25, 0.3) is 0 Å². The highest BCUT2D eigenvalue weighted by molar-refractivity contribution is 7.47. The average molecular weight is 1000 g/mol. The molecule has 3 unspecified atom stereocenters. The minimum absolute atomic E-state index is 0.0338. The van der Waals surface area contributed by atoms with Crippen molar-refractivity contribution in [2.75, 3.05) is 40.9 Å². The molecule has 0 bridgehead atoms. The second kappa shape index (κ2) is 50.0. The Bertz CT molecular complexity index is 1430. The summed E-state index contributed by atoms with van der Waals surface area (Å²) in [7, 11) is 1.48. The van der Waals surface area contributed by atoms with Crippen LogP contribution >= 0.6 is 7.82 Å². The summed E-state index contributed by atoms with van der Waals surface area (Å²) in [5.41, 5.74) is 0. The highest BCUT2D eigenvalue weighted by Gasteiger charge is 2.30. The lowest BCUT2D eigenvalue weighted by Crippen LogP contribution is -2.47. The number of unbranched alkanes of at least 4 members (excludes halogenated alkanes) is 27. The predicted octanol–water partition coefficient (Wildman–Crippen LogP) is 17.3. The Morgan fingerprint density at radius 1 is 0.529 bits per heavy atom. The number of likely N-dealkylation sites (N-methyl/N-ethyl adjacent to an activating group) is 1. The molecular formula is C60H110N2O7P+. The first-order valence-electron chi connectivity index (χ1n) is 28.8. The lowest BCUT2D eigenvalue weighted by Gasteiger charge is -2.27. The van der Waals surface area contributed by atoms with Crippen molar-refractivity contribution in [3.05, 3.63) is 72.9 Å². The molecule has 0 aromatic heterocycles. The van der Waals surface area contributed by atoms with Crippen LogP contribution in [0, 0.1) is 0 Å². The van der Waals surface area contributed by atoms with Gasteiger partial charge < -0.3 is 19.4 Å². The number of carbonyl (C=O) groups is 2.